The van der Waals surface area contributed by atoms with Gasteiger partial charge in [0, 0.05) is 37.5 Å². The highest BCUT2D eigenvalue weighted by Gasteiger charge is 2.41. The van der Waals surface area contributed by atoms with Gasteiger partial charge in [0.05, 0.1) is 6.61 Å². The average Bonchev–Trinajstić information content (AvgIpc) is 3.21. The van der Waals surface area contributed by atoms with Gasteiger partial charge in [-0.1, -0.05) is 54.6 Å². The SMILES string of the molecule is CC1(c2ccccc2OCCCN2CC=C(c3ccccc3)CC2)SCCN1C(N)=S. The topological polar surface area (TPSA) is 41.7 Å². The van der Waals surface area contributed by atoms with E-state index in [1.54, 1.807) is 0 Å². The zero-order valence-electron chi connectivity index (χ0n) is 18.1. The molecule has 4 rings (SSSR count). The molecule has 2 aromatic carbocycles. The van der Waals surface area contributed by atoms with E-state index in [-0.39, 0.29) is 4.87 Å². The van der Waals surface area contributed by atoms with Crippen LogP contribution in [0, 0.1) is 0 Å². The maximum Gasteiger partial charge on any atom is 0.167 e. The summed E-state index contributed by atoms with van der Waals surface area (Å²) in [5, 5.41) is 0.454. The van der Waals surface area contributed by atoms with Crippen molar-refractivity contribution in [3.05, 3.63) is 71.8 Å². The van der Waals surface area contributed by atoms with Gasteiger partial charge in [-0.3, -0.25) is 4.90 Å². The molecular weight excluding hydrogens is 422 g/mol. The average molecular weight is 454 g/mol. The van der Waals surface area contributed by atoms with Crippen molar-refractivity contribution in [1.29, 1.82) is 0 Å². The summed E-state index contributed by atoms with van der Waals surface area (Å²) < 4.78 is 6.26. The van der Waals surface area contributed by atoms with Crippen LogP contribution in [-0.4, -0.2) is 53.5 Å². The van der Waals surface area contributed by atoms with Crippen molar-refractivity contribution in [2.45, 2.75) is 24.6 Å². The molecule has 4 nitrogen and oxygen atoms in total. The second-order valence-electron chi connectivity index (χ2n) is 8.17. The Balaban J connectivity index is 1.30. The van der Waals surface area contributed by atoms with Crippen molar-refractivity contribution >= 4 is 34.7 Å². The Kier molecular flexibility index (Phi) is 7.20. The molecule has 2 aliphatic heterocycles. The molecule has 0 amide bonds. The fourth-order valence-corrected chi connectivity index (χ4v) is 6.12. The fraction of sp³-hybridized carbons (Fsp3) is 0.400. The summed E-state index contributed by atoms with van der Waals surface area (Å²) in [6.07, 6.45) is 4.49. The molecule has 2 aliphatic rings. The number of hydrogen-bond acceptors (Lipinski definition) is 4. The minimum Gasteiger partial charge on any atom is -0.493 e. The predicted molar refractivity (Wildman–Crippen MR) is 135 cm³/mol. The number of rotatable bonds is 7. The number of thiocarbonyl (C=S) groups is 1. The largest absolute Gasteiger partial charge is 0.493 e. The van der Waals surface area contributed by atoms with E-state index in [2.05, 4.69) is 71.3 Å². The minimum absolute atomic E-state index is 0.270. The van der Waals surface area contributed by atoms with Crippen LogP contribution in [0.25, 0.3) is 5.57 Å². The smallest absolute Gasteiger partial charge is 0.167 e. The third-order valence-corrected chi connectivity index (χ3v) is 7.79. The monoisotopic (exact) mass is 453 g/mol. The van der Waals surface area contributed by atoms with E-state index < -0.39 is 0 Å². The summed E-state index contributed by atoms with van der Waals surface area (Å²) in [7, 11) is 0. The first-order valence-electron chi connectivity index (χ1n) is 11.0. The van der Waals surface area contributed by atoms with E-state index in [1.165, 1.54) is 11.1 Å². The normalized spacial score (nSPS) is 21.7. The van der Waals surface area contributed by atoms with Crippen LogP contribution in [0.2, 0.25) is 0 Å². The molecule has 0 spiro atoms. The van der Waals surface area contributed by atoms with Crippen molar-refractivity contribution in [3.63, 3.8) is 0 Å². The molecule has 2 heterocycles. The van der Waals surface area contributed by atoms with E-state index in [1.807, 2.05) is 17.8 Å². The summed E-state index contributed by atoms with van der Waals surface area (Å²) in [5.74, 6) is 1.95. The highest BCUT2D eigenvalue weighted by atomic mass is 32.2. The predicted octanol–water partition coefficient (Wildman–Crippen LogP) is 4.71. The molecule has 0 radical (unpaired) electrons. The van der Waals surface area contributed by atoms with Gasteiger partial charge in [-0.15, -0.1) is 11.8 Å². The number of benzene rings is 2. The fourth-order valence-electron chi connectivity index (χ4n) is 4.45. The zero-order chi connectivity index (χ0) is 21.7. The van der Waals surface area contributed by atoms with Gasteiger partial charge in [0.15, 0.2) is 5.11 Å². The first-order chi connectivity index (χ1) is 15.1. The Hall–Kier alpha value is -2.02. The Morgan fingerprint density at radius 3 is 2.65 bits per heavy atom. The second kappa shape index (κ2) is 10.1. The van der Waals surface area contributed by atoms with Gasteiger partial charge >= 0.3 is 0 Å². The van der Waals surface area contributed by atoms with Crippen LogP contribution in [0.15, 0.2) is 60.7 Å². The lowest BCUT2D eigenvalue weighted by atomic mass is 9.99. The van der Waals surface area contributed by atoms with Crippen molar-refractivity contribution in [2.24, 2.45) is 5.73 Å². The Labute approximate surface area is 195 Å². The summed E-state index contributed by atoms with van der Waals surface area (Å²) in [6.45, 7) is 6.93. The van der Waals surface area contributed by atoms with E-state index in [0.29, 0.717) is 11.7 Å². The Morgan fingerprint density at radius 2 is 1.90 bits per heavy atom. The molecule has 2 N–H and O–H groups in total. The molecule has 0 aromatic heterocycles. The molecule has 1 fully saturated rings. The number of thioether (sulfide) groups is 1. The van der Waals surface area contributed by atoms with Crippen LogP contribution in [-0.2, 0) is 4.87 Å². The van der Waals surface area contributed by atoms with Crippen molar-refractivity contribution < 1.29 is 4.74 Å². The van der Waals surface area contributed by atoms with Gasteiger partial charge in [0.25, 0.3) is 0 Å². The molecule has 6 heteroatoms. The van der Waals surface area contributed by atoms with Crippen LogP contribution >= 0.6 is 24.0 Å². The molecule has 0 bridgehead atoms. The lowest BCUT2D eigenvalue weighted by molar-refractivity contribution is 0.242. The number of hydrogen-bond donors (Lipinski definition) is 1. The van der Waals surface area contributed by atoms with Gasteiger partial charge in [-0.25, -0.2) is 0 Å². The van der Waals surface area contributed by atoms with Crippen molar-refractivity contribution in [3.8, 4) is 5.75 Å². The number of ether oxygens (including phenoxy) is 1. The molecule has 0 aliphatic carbocycles. The number of nitrogens with zero attached hydrogens (tertiary/aromatic N) is 2. The quantitative estimate of drug-likeness (QED) is 0.484. The molecule has 0 saturated carbocycles. The van der Waals surface area contributed by atoms with Gasteiger partial charge in [0.2, 0.25) is 0 Å². The highest BCUT2D eigenvalue weighted by molar-refractivity contribution is 8.00. The molecule has 1 atom stereocenters. The molecule has 1 saturated heterocycles. The zero-order valence-corrected chi connectivity index (χ0v) is 19.8. The van der Waals surface area contributed by atoms with Crippen molar-refractivity contribution in [1.82, 2.24) is 9.80 Å². The molecule has 2 aromatic rings. The van der Waals surface area contributed by atoms with Crippen LogP contribution < -0.4 is 10.5 Å². The van der Waals surface area contributed by atoms with Crippen LogP contribution in [0.5, 0.6) is 5.75 Å². The molecule has 164 valence electrons. The van der Waals surface area contributed by atoms with E-state index in [9.17, 15) is 0 Å². The first kappa shape index (κ1) is 22.2. The van der Waals surface area contributed by atoms with Gasteiger partial charge in [0.1, 0.15) is 10.6 Å². The van der Waals surface area contributed by atoms with Gasteiger partial charge in [-0.05, 0) is 49.2 Å². The summed E-state index contributed by atoms with van der Waals surface area (Å²) in [6, 6.07) is 19.0. The maximum absolute atomic E-state index is 6.26. The molecular formula is C25H31N3OS2. The molecule has 1 unspecified atom stereocenters. The third-order valence-electron chi connectivity index (χ3n) is 6.18. The Morgan fingerprint density at radius 1 is 1.13 bits per heavy atom. The lowest BCUT2D eigenvalue weighted by Gasteiger charge is -2.36. The van der Waals surface area contributed by atoms with Gasteiger partial charge < -0.3 is 15.4 Å². The second-order valence-corrected chi connectivity index (χ2v) is 10.1. The number of nitrogens with two attached hydrogens (primary N) is 1. The Bertz CT molecular complexity index is 933. The van der Waals surface area contributed by atoms with Crippen LogP contribution in [0.4, 0.5) is 0 Å². The summed E-state index contributed by atoms with van der Waals surface area (Å²) in [5.41, 5.74) is 9.97. The molecule has 31 heavy (non-hydrogen) atoms. The first-order valence-corrected chi connectivity index (χ1v) is 12.4. The third kappa shape index (κ3) is 5.08. The minimum atomic E-state index is -0.270. The van der Waals surface area contributed by atoms with E-state index >= 15 is 0 Å². The van der Waals surface area contributed by atoms with E-state index in [4.69, 9.17) is 22.7 Å². The van der Waals surface area contributed by atoms with Crippen LogP contribution in [0.1, 0.15) is 30.9 Å². The summed E-state index contributed by atoms with van der Waals surface area (Å²) in [4.78, 5) is 4.35. The summed E-state index contributed by atoms with van der Waals surface area (Å²) >= 11 is 7.18. The highest BCUT2D eigenvalue weighted by Crippen LogP contribution is 2.47. The van der Waals surface area contributed by atoms with Crippen LogP contribution in [0.3, 0.4) is 0 Å². The standard InChI is InChI=1S/C25H31N3OS2/c1-25(28(24(26)30)17-19-31-25)22-10-5-6-11-23(22)29-18-7-14-27-15-12-21(13-16-27)20-8-3-2-4-9-20/h2-6,8-12H,7,13-19H2,1H3,(H2,26,30). The van der Waals surface area contributed by atoms with Gasteiger partial charge in [-0.2, -0.15) is 0 Å². The van der Waals surface area contributed by atoms with E-state index in [0.717, 1.165) is 56.1 Å². The van der Waals surface area contributed by atoms with Crippen molar-refractivity contribution in [2.75, 3.05) is 38.5 Å². The maximum atomic E-state index is 6.26. The number of para-hydroxylation sites is 1. The lowest BCUT2D eigenvalue weighted by Crippen LogP contribution is -2.44.